The third kappa shape index (κ3) is 5.46. The van der Waals surface area contributed by atoms with Crippen LogP contribution in [-0.2, 0) is 4.79 Å². The summed E-state index contributed by atoms with van der Waals surface area (Å²) in [5, 5.41) is 15.1. The summed E-state index contributed by atoms with van der Waals surface area (Å²) in [6.45, 7) is 5.84. The summed E-state index contributed by atoms with van der Waals surface area (Å²) in [6.07, 6.45) is 1.50. The maximum Gasteiger partial charge on any atom is 0.266 e. The molecule has 5 heteroatoms. The average Bonchev–Trinajstić information content (AvgIpc) is 2.76. The highest BCUT2D eigenvalue weighted by molar-refractivity contribution is 6.10. The van der Waals surface area contributed by atoms with Gasteiger partial charge in [-0.15, -0.1) is 0 Å². The van der Waals surface area contributed by atoms with Crippen LogP contribution in [0.25, 0.3) is 6.08 Å². The van der Waals surface area contributed by atoms with E-state index < -0.39 is 5.91 Å². The number of nitrogens with one attached hydrogen (secondary N) is 2. The van der Waals surface area contributed by atoms with E-state index in [1.54, 1.807) is 42.5 Å². The van der Waals surface area contributed by atoms with Gasteiger partial charge in [-0.25, -0.2) is 0 Å². The largest absolute Gasteiger partial charge is 0.322 e. The van der Waals surface area contributed by atoms with Gasteiger partial charge in [0.1, 0.15) is 11.6 Å². The number of nitrogens with zero attached hydrogens (tertiary/aromatic N) is 1. The smallest absolute Gasteiger partial charge is 0.266 e. The summed E-state index contributed by atoms with van der Waals surface area (Å²) >= 11 is 0. The molecule has 3 rings (SSSR count). The van der Waals surface area contributed by atoms with E-state index in [-0.39, 0.29) is 11.5 Å². The second kappa shape index (κ2) is 9.55. The number of rotatable bonds is 5. The van der Waals surface area contributed by atoms with E-state index in [0.717, 1.165) is 16.7 Å². The van der Waals surface area contributed by atoms with Crippen LogP contribution in [0.2, 0.25) is 0 Å². The van der Waals surface area contributed by atoms with E-state index in [2.05, 4.69) is 10.6 Å². The molecule has 0 fully saturated rings. The molecule has 2 N–H and O–H groups in total. The molecule has 0 aliphatic heterocycles. The van der Waals surface area contributed by atoms with Gasteiger partial charge in [-0.05, 0) is 73.9 Å². The van der Waals surface area contributed by atoms with Crippen LogP contribution in [0.1, 0.15) is 32.6 Å². The molecular formula is C26H23N3O2. The van der Waals surface area contributed by atoms with Crippen molar-refractivity contribution >= 4 is 29.3 Å². The van der Waals surface area contributed by atoms with Gasteiger partial charge in [-0.3, -0.25) is 9.59 Å². The number of hydrogen-bond donors (Lipinski definition) is 2. The zero-order valence-corrected chi connectivity index (χ0v) is 17.7. The Morgan fingerprint density at radius 2 is 1.61 bits per heavy atom. The summed E-state index contributed by atoms with van der Waals surface area (Å²) in [4.78, 5) is 25.1. The van der Waals surface area contributed by atoms with Gasteiger partial charge in [0.15, 0.2) is 0 Å². The number of carbonyl (C=O) groups excluding carboxylic acids is 2. The molecule has 0 heterocycles. The van der Waals surface area contributed by atoms with Crippen molar-refractivity contribution in [2.24, 2.45) is 0 Å². The fourth-order valence-corrected chi connectivity index (χ4v) is 3.01. The lowest BCUT2D eigenvalue weighted by Crippen LogP contribution is -2.14. The van der Waals surface area contributed by atoms with Gasteiger partial charge in [0, 0.05) is 16.9 Å². The SMILES string of the molecule is Cc1ccc(C(=O)Nc2cccc(/C=C(\C#N)C(=O)Nc3cccc(C)c3C)c2)cc1. The van der Waals surface area contributed by atoms with E-state index in [9.17, 15) is 14.9 Å². The molecule has 0 saturated carbocycles. The first-order valence-corrected chi connectivity index (χ1v) is 9.85. The number of nitriles is 1. The molecule has 0 radical (unpaired) electrons. The van der Waals surface area contributed by atoms with Crippen LogP contribution >= 0.6 is 0 Å². The lowest BCUT2D eigenvalue weighted by Gasteiger charge is -2.10. The topological polar surface area (TPSA) is 82.0 Å². The monoisotopic (exact) mass is 409 g/mol. The maximum absolute atomic E-state index is 12.6. The molecule has 0 bridgehead atoms. The minimum Gasteiger partial charge on any atom is -0.322 e. The third-order valence-electron chi connectivity index (χ3n) is 4.99. The van der Waals surface area contributed by atoms with Crippen LogP contribution in [0.5, 0.6) is 0 Å². The van der Waals surface area contributed by atoms with Gasteiger partial charge in [0.25, 0.3) is 11.8 Å². The fourth-order valence-electron chi connectivity index (χ4n) is 3.01. The first-order valence-electron chi connectivity index (χ1n) is 9.85. The molecule has 0 atom stereocenters. The second-order valence-corrected chi connectivity index (χ2v) is 7.32. The Morgan fingerprint density at radius 1 is 0.903 bits per heavy atom. The normalized spacial score (nSPS) is 10.8. The minimum atomic E-state index is -0.481. The van der Waals surface area contributed by atoms with Crippen LogP contribution in [0.3, 0.4) is 0 Å². The number of anilines is 2. The van der Waals surface area contributed by atoms with Crippen LogP contribution < -0.4 is 10.6 Å². The Hall–Kier alpha value is -4.17. The molecule has 0 unspecified atom stereocenters. The van der Waals surface area contributed by atoms with Gasteiger partial charge in [-0.1, -0.05) is 42.0 Å². The molecule has 0 aromatic heterocycles. The fraction of sp³-hybridized carbons (Fsp3) is 0.115. The predicted molar refractivity (Wildman–Crippen MR) is 124 cm³/mol. The lowest BCUT2D eigenvalue weighted by molar-refractivity contribution is -0.112. The number of carbonyl (C=O) groups is 2. The van der Waals surface area contributed by atoms with Crippen molar-refractivity contribution in [1.29, 1.82) is 5.26 Å². The summed E-state index contributed by atoms with van der Waals surface area (Å²) in [7, 11) is 0. The zero-order valence-electron chi connectivity index (χ0n) is 17.7. The molecule has 3 aromatic carbocycles. The van der Waals surface area contributed by atoms with Crippen molar-refractivity contribution in [3.63, 3.8) is 0 Å². The Labute approximate surface area is 182 Å². The highest BCUT2D eigenvalue weighted by Gasteiger charge is 2.12. The van der Waals surface area contributed by atoms with Crippen molar-refractivity contribution in [3.05, 3.63) is 100 Å². The summed E-state index contributed by atoms with van der Waals surface area (Å²) in [5.41, 5.74) is 5.49. The molecule has 0 aliphatic rings. The first-order chi connectivity index (χ1) is 14.9. The Bertz CT molecular complexity index is 1200. The first kappa shape index (κ1) is 21.5. The van der Waals surface area contributed by atoms with E-state index in [4.69, 9.17) is 0 Å². The van der Waals surface area contributed by atoms with Gasteiger partial charge in [0.2, 0.25) is 0 Å². The lowest BCUT2D eigenvalue weighted by atomic mass is 10.1. The van der Waals surface area contributed by atoms with Crippen LogP contribution in [-0.4, -0.2) is 11.8 Å². The molecule has 2 amide bonds. The van der Waals surface area contributed by atoms with Crippen molar-refractivity contribution in [3.8, 4) is 6.07 Å². The Balaban J connectivity index is 1.77. The van der Waals surface area contributed by atoms with E-state index in [1.807, 2.05) is 51.1 Å². The van der Waals surface area contributed by atoms with E-state index in [1.165, 1.54) is 6.08 Å². The third-order valence-corrected chi connectivity index (χ3v) is 4.99. The number of hydrogen-bond acceptors (Lipinski definition) is 3. The van der Waals surface area contributed by atoms with E-state index >= 15 is 0 Å². The Kier molecular flexibility index (Phi) is 6.64. The number of aryl methyl sites for hydroxylation is 2. The van der Waals surface area contributed by atoms with Crippen molar-refractivity contribution in [2.75, 3.05) is 10.6 Å². The predicted octanol–water partition coefficient (Wildman–Crippen LogP) is 5.41. The van der Waals surface area contributed by atoms with Gasteiger partial charge >= 0.3 is 0 Å². The highest BCUT2D eigenvalue weighted by Crippen LogP contribution is 2.20. The van der Waals surface area contributed by atoms with Crippen molar-refractivity contribution in [1.82, 2.24) is 0 Å². The minimum absolute atomic E-state index is 0.0251. The summed E-state index contributed by atoms with van der Waals surface area (Å²) < 4.78 is 0. The van der Waals surface area contributed by atoms with Gasteiger partial charge < -0.3 is 10.6 Å². The molecule has 0 aliphatic carbocycles. The quantitative estimate of drug-likeness (QED) is 0.437. The molecule has 0 spiro atoms. The van der Waals surface area contributed by atoms with Crippen molar-refractivity contribution in [2.45, 2.75) is 20.8 Å². The molecule has 5 nitrogen and oxygen atoms in total. The second-order valence-electron chi connectivity index (χ2n) is 7.32. The van der Waals surface area contributed by atoms with Crippen LogP contribution in [0, 0.1) is 32.1 Å². The molecule has 3 aromatic rings. The van der Waals surface area contributed by atoms with Gasteiger partial charge in [-0.2, -0.15) is 5.26 Å². The Morgan fingerprint density at radius 3 is 2.32 bits per heavy atom. The molecule has 0 saturated heterocycles. The maximum atomic E-state index is 12.6. The molecule has 154 valence electrons. The van der Waals surface area contributed by atoms with Crippen LogP contribution in [0.15, 0.2) is 72.3 Å². The van der Waals surface area contributed by atoms with Crippen LogP contribution in [0.4, 0.5) is 11.4 Å². The number of amides is 2. The molecular weight excluding hydrogens is 386 g/mol. The van der Waals surface area contributed by atoms with E-state index in [0.29, 0.717) is 22.5 Å². The number of benzene rings is 3. The van der Waals surface area contributed by atoms with Gasteiger partial charge in [0.05, 0.1) is 0 Å². The standard InChI is InChI=1S/C26H23N3O2/c1-17-10-12-21(13-11-17)25(30)28-23-8-5-7-20(15-23)14-22(16-27)26(31)29-24-9-4-6-18(2)19(24)3/h4-15H,1-3H3,(H,28,30)(H,29,31)/b22-14+. The zero-order chi connectivity index (χ0) is 22.4. The average molecular weight is 409 g/mol. The summed E-state index contributed by atoms with van der Waals surface area (Å²) in [5.74, 6) is -0.709. The van der Waals surface area contributed by atoms with Crippen molar-refractivity contribution < 1.29 is 9.59 Å². The summed E-state index contributed by atoms with van der Waals surface area (Å²) in [6, 6.07) is 21.9. The highest BCUT2D eigenvalue weighted by atomic mass is 16.2. The molecule has 31 heavy (non-hydrogen) atoms.